The third kappa shape index (κ3) is 3.84. The standard InChI is InChI=1S/C16H26N2O3/c1-5-18-10-14(15(17-18)11(2)3)16(19)21-12(4)13-6-8-20-9-7-13/h10-13H,5-9H2,1-4H3. The van der Waals surface area contributed by atoms with Crippen molar-refractivity contribution in [2.45, 2.75) is 59.1 Å². The zero-order valence-electron chi connectivity index (χ0n) is 13.5. The molecule has 1 aromatic rings. The second kappa shape index (κ2) is 7.07. The lowest BCUT2D eigenvalue weighted by Gasteiger charge is -2.27. The van der Waals surface area contributed by atoms with Crippen molar-refractivity contribution >= 4 is 5.97 Å². The third-order valence-corrected chi connectivity index (χ3v) is 4.10. The predicted molar refractivity (Wildman–Crippen MR) is 80.4 cm³/mol. The highest BCUT2D eigenvalue weighted by molar-refractivity contribution is 5.90. The van der Waals surface area contributed by atoms with Gasteiger partial charge in [0.2, 0.25) is 0 Å². The lowest BCUT2D eigenvalue weighted by molar-refractivity contribution is -0.0119. The topological polar surface area (TPSA) is 53.4 Å². The molecule has 0 aliphatic carbocycles. The number of hydrogen-bond donors (Lipinski definition) is 0. The first-order valence-corrected chi connectivity index (χ1v) is 7.89. The number of aryl methyl sites for hydroxylation is 1. The Hall–Kier alpha value is -1.36. The van der Waals surface area contributed by atoms with Gasteiger partial charge in [0, 0.05) is 31.9 Å². The fraction of sp³-hybridized carbons (Fsp3) is 0.750. The van der Waals surface area contributed by atoms with Crippen LogP contribution in [-0.2, 0) is 16.0 Å². The summed E-state index contributed by atoms with van der Waals surface area (Å²) in [6, 6.07) is 0. The zero-order valence-corrected chi connectivity index (χ0v) is 13.5. The van der Waals surface area contributed by atoms with Crippen LogP contribution < -0.4 is 0 Å². The van der Waals surface area contributed by atoms with E-state index in [1.54, 1.807) is 10.9 Å². The van der Waals surface area contributed by atoms with E-state index in [0.717, 1.165) is 38.3 Å². The molecule has 0 radical (unpaired) electrons. The van der Waals surface area contributed by atoms with E-state index in [-0.39, 0.29) is 18.0 Å². The molecule has 1 aromatic heterocycles. The van der Waals surface area contributed by atoms with Crippen molar-refractivity contribution in [3.05, 3.63) is 17.5 Å². The quantitative estimate of drug-likeness (QED) is 0.783. The van der Waals surface area contributed by atoms with Crippen LogP contribution in [0.5, 0.6) is 0 Å². The average molecular weight is 294 g/mol. The SMILES string of the molecule is CCn1cc(C(=O)OC(C)C2CCOCC2)c(C(C)C)n1. The summed E-state index contributed by atoms with van der Waals surface area (Å²) < 4.78 is 12.8. The van der Waals surface area contributed by atoms with Crippen molar-refractivity contribution in [2.24, 2.45) is 5.92 Å². The Bertz CT molecular complexity index is 476. The molecule has 0 saturated carbocycles. The summed E-state index contributed by atoms with van der Waals surface area (Å²) in [6.07, 6.45) is 3.64. The minimum Gasteiger partial charge on any atom is -0.459 e. The van der Waals surface area contributed by atoms with Crippen LogP contribution in [0.4, 0.5) is 0 Å². The van der Waals surface area contributed by atoms with Crippen LogP contribution in [0.1, 0.15) is 62.5 Å². The molecule has 2 heterocycles. The molecule has 118 valence electrons. The van der Waals surface area contributed by atoms with Crippen molar-refractivity contribution in [3.8, 4) is 0 Å². The summed E-state index contributed by atoms with van der Waals surface area (Å²) in [5.74, 6) is 0.350. The fourth-order valence-corrected chi connectivity index (χ4v) is 2.70. The van der Waals surface area contributed by atoms with E-state index in [2.05, 4.69) is 5.10 Å². The van der Waals surface area contributed by atoms with E-state index in [0.29, 0.717) is 11.5 Å². The monoisotopic (exact) mass is 294 g/mol. The molecular formula is C16H26N2O3. The van der Waals surface area contributed by atoms with Crippen molar-refractivity contribution in [3.63, 3.8) is 0 Å². The second-order valence-corrected chi connectivity index (χ2v) is 6.00. The van der Waals surface area contributed by atoms with Gasteiger partial charge in [-0.15, -0.1) is 0 Å². The van der Waals surface area contributed by atoms with Gasteiger partial charge in [0.15, 0.2) is 0 Å². The fourth-order valence-electron chi connectivity index (χ4n) is 2.70. The smallest absolute Gasteiger partial charge is 0.341 e. The van der Waals surface area contributed by atoms with E-state index >= 15 is 0 Å². The van der Waals surface area contributed by atoms with E-state index in [4.69, 9.17) is 9.47 Å². The molecule has 1 aliphatic rings. The van der Waals surface area contributed by atoms with Crippen LogP contribution in [0.25, 0.3) is 0 Å². The summed E-state index contributed by atoms with van der Waals surface area (Å²) in [5.41, 5.74) is 1.42. The Morgan fingerprint density at radius 3 is 2.67 bits per heavy atom. The lowest BCUT2D eigenvalue weighted by Crippen LogP contribution is -2.29. The Morgan fingerprint density at radius 1 is 1.43 bits per heavy atom. The van der Waals surface area contributed by atoms with Crippen LogP contribution >= 0.6 is 0 Å². The number of ether oxygens (including phenoxy) is 2. The van der Waals surface area contributed by atoms with Gasteiger partial charge in [-0.25, -0.2) is 4.79 Å². The molecule has 5 heteroatoms. The highest BCUT2D eigenvalue weighted by Crippen LogP contribution is 2.24. The molecule has 1 unspecified atom stereocenters. The molecule has 1 fully saturated rings. The molecule has 1 atom stereocenters. The summed E-state index contributed by atoms with van der Waals surface area (Å²) in [6.45, 7) is 10.4. The zero-order chi connectivity index (χ0) is 15.4. The Kier molecular flexibility index (Phi) is 5.39. The highest BCUT2D eigenvalue weighted by Gasteiger charge is 2.26. The van der Waals surface area contributed by atoms with Gasteiger partial charge in [0.05, 0.1) is 5.69 Å². The molecule has 5 nitrogen and oxygen atoms in total. The molecule has 1 saturated heterocycles. The number of aromatic nitrogens is 2. The van der Waals surface area contributed by atoms with Crippen LogP contribution in [0.2, 0.25) is 0 Å². The normalized spacial score (nSPS) is 18.0. The van der Waals surface area contributed by atoms with Crippen molar-refractivity contribution in [2.75, 3.05) is 13.2 Å². The highest BCUT2D eigenvalue weighted by atomic mass is 16.5. The van der Waals surface area contributed by atoms with E-state index in [1.165, 1.54) is 0 Å². The first-order valence-electron chi connectivity index (χ1n) is 7.89. The van der Waals surface area contributed by atoms with Gasteiger partial charge in [0.25, 0.3) is 0 Å². The van der Waals surface area contributed by atoms with Gasteiger partial charge in [-0.2, -0.15) is 5.10 Å². The molecule has 0 N–H and O–H groups in total. The Balaban J connectivity index is 2.06. The Morgan fingerprint density at radius 2 is 2.10 bits per heavy atom. The van der Waals surface area contributed by atoms with Crippen LogP contribution in [-0.4, -0.2) is 35.1 Å². The maximum atomic E-state index is 12.4. The number of carbonyl (C=O) groups is 1. The van der Waals surface area contributed by atoms with Crippen molar-refractivity contribution in [1.29, 1.82) is 0 Å². The van der Waals surface area contributed by atoms with Crippen molar-refractivity contribution in [1.82, 2.24) is 9.78 Å². The maximum Gasteiger partial charge on any atom is 0.341 e. The minimum absolute atomic E-state index is 0.0774. The van der Waals surface area contributed by atoms with Crippen LogP contribution in [0.3, 0.4) is 0 Å². The first-order chi connectivity index (χ1) is 10.0. The molecule has 1 aliphatic heterocycles. The summed E-state index contributed by atoms with van der Waals surface area (Å²) in [5, 5.41) is 4.46. The van der Waals surface area contributed by atoms with Gasteiger partial charge in [-0.05, 0) is 32.6 Å². The average Bonchev–Trinajstić information content (AvgIpc) is 2.92. The molecule has 0 spiro atoms. The number of nitrogens with zero attached hydrogens (tertiary/aromatic N) is 2. The molecule has 0 bridgehead atoms. The Labute approximate surface area is 126 Å². The number of rotatable bonds is 5. The first kappa shape index (κ1) is 16.0. The van der Waals surface area contributed by atoms with Crippen LogP contribution in [0, 0.1) is 5.92 Å². The lowest BCUT2D eigenvalue weighted by atomic mass is 9.95. The maximum absolute atomic E-state index is 12.4. The van der Waals surface area contributed by atoms with E-state index in [1.807, 2.05) is 27.7 Å². The van der Waals surface area contributed by atoms with Gasteiger partial charge < -0.3 is 9.47 Å². The summed E-state index contributed by atoms with van der Waals surface area (Å²) >= 11 is 0. The summed E-state index contributed by atoms with van der Waals surface area (Å²) in [4.78, 5) is 12.4. The van der Waals surface area contributed by atoms with Gasteiger partial charge in [-0.1, -0.05) is 13.8 Å². The third-order valence-electron chi connectivity index (χ3n) is 4.10. The minimum atomic E-state index is -0.252. The molecule has 0 aromatic carbocycles. The molecule has 2 rings (SSSR count). The van der Waals surface area contributed by atoms with Crippen LogP contribution in [0.15, 0.2) is 6.20 Å². The largest absolute Gasteiger partial charge is 0.459 e. The molecule has 0 amide bonds. The number of esters is 1. The second-order valence-electron chi connectivity index (χ2n) is 6.00. The number of carbonyl (C=O) groups excluding carboxylic acids is 1. The summed E-state index contributed by atoms with van der Waals surface area (Å²) in [7, 11) is 0. The van der Waals surface area contributed by atoms with Gasteiger partial charge in [-0.3, -0.25) is 4.68 Å². The van der Waals surface area contributed by atoms with Gasteiger partial charge >= 0.3 is 5.97 Å². The number of hydrogen-bond acceptors (Lipinski definition) is 4. The predicted octanol–water partition coefficient (Wildman–Crippen LogP) is 3.00. The van der Waals surface area contributed by atoms with E-state index in [9.17, 15) is 4.79 Å². The van der Waals surface area contributed by atoms with E-state index < -0.39 is 0 Å². The molecule has 21 heavy (non-hydrogen) atoms. The van der Waals surface area contributed by atoms with Gasteiger partial charge in [0.1, 0.15) is 11.7 Å². The molecular weight excluding hydrogens is 268 g/mol. The van der Waals surface area contributed by atoms with Crippen molar-refractivity contribution < 1.29 is 14.3 Å².